The van der Waals surface area contributed by atoms with Crippen LogP contribution in [0.1, 0.15) is 19.3 Å². The van der Waals surface area contributed by atoms with Gasteiger partial charge in [-0.05, 0) is 61.7 Å². The van der Waals surface area contributed by atoms with Crippen LogP contribution < -0.4 is 19.9 Å². The molecule has 0 aromatic heterocycles. The Morgan fingerprint density at radius 1 is 1.07 bits per heavy atom. The van der Waals surface area contributed by atoms with Gasteiger partial charge in [0.25, 0.3) is 0 Å². The van der Waals surface area contributed by atoms with E-state index < -0.39 is 5.97 Å². The summed E-state index contributed by atoms with van der Waals surface area (Å²) in [6.45, 7) is 2.21. The Hall–Kier alpha value is -2.73. The summed E-state index contributed by atoms with van der Waals surface area (Å²) >= 11 is 6.05. The number of amides is 1. The van der Waals surface area contributed by atoms with E-state index in [1.807, 2.05) is 24.3 Å². The summed E-state index contributed by atoms with van der Waals surface area (Å²) < 4.78 is 5.21. The van der Waals surface area contributed by atoms with E-state index in [1.54, 1.807) is 23.1 Å². The molecule has 0 aliphatic carbocycles. The van der Waals surface area contributed by atoms with Gasteiger partial charge in [0.2, 0.25) is 5.91 Å². The molecule has 2 aliphatic rings. The summed E-state index contributed by atoms with van der Waals surface area (Å²) in [5.41, 5.74) is 2.56. The molecular formula is C21H22ClN3O3. The number of carbonyl (C=O) groups excluding carboxylic acids is 2. The normalized spacial score (nSPS) is 16.4. The van der Waals surface area contributed by atoms with Gasteiger partial charge >= 0.3 is 5.97 Å². The van der Waals surface area contributed by atoms with Crippen LogP contribution in [0.25, 0.3) is 0 Å². The molecule has 7 heteroatoms. The van der Waals surface area contributed by atoms with Gasteiger partial charge in [0.15, 0.2) is 5.75 Å². The minimum atomic E-state index is -0.395. The van der Waals surface area contributed by atoms with Crippen molar-refractivity contribution in [3.8, 4) is 5.75 Å². The van der Waals surface area contributed by atoms with Crippen LogP contribution in [0.2, 0.25) is 5.02 Å². The van der Waals surface area contributed by atoms with Crippen molar-refractivity contribution in [2.45, 2.75) is 19.3 Å². The van der Waals surface area contributed by atoms with Gasteiger partial charge in [-0.25, -0.2) is 4.79 Å². The number of piperidine rings is 1. The van der Waals surface area contributed by atoms with Crippen LogP contribution in [0.15, 0.2) is 42.5 Å². The number of nitrogens with zero attached hydrogens (tertiary/aromatic N) is 2. The third kappa shape index (κ3) is 4.22. The Balaban J connectivity index is 1.41. The van der Waals surface area contributed by atoms with Gasteiger partial charge < -0.3 is 19.9 Å². The number of esters is 1. The number of ether oxygens (including phenoxy) is 1. The maximum atomic E-state index is 12.5. The molecule has 0 atom stereocenters. The zero-order valence-corrected chi connectivity index (χ0v) is 16.2. The van der Waals surface area contributed by atoms with Gasteiger partial charge in [-0.2, -0.15) is 0 Å². The number of fused-ring (bicyclic) bond motifs is 1. The predicted molar refractivity (Wildman–Crippen MR) is 110 cm³/mol. The summed E-state index contributed by atoms with van der Waals surface area (Å²) in [5.74, 6) is -0.181. The largest absolute Gasteiger partial charge is 0.423 e. The Kier molecular flexibility index (Phi) is 5.39. The lowest BCUT2D eigenvalue weighted by Crippen LogP contribution is -2.41. The highest BCUT2D eigenvalue weighted by atomic mass is 35.5. The zero-order chi connectivity index (χ0) is 19.5. The average molecular weight is 400 g/mol. The summed E-state index contributed by atoms with van der Waals surface area (Å²) in [4.78, 5) is 28.4. The number of hydrogen-bond acceptors (Lipinski definition) is 5. The number of carbonyl (C=O) groups is 2. The van der Waals surface area contributed by atoms with Crippen molar-refractivity contribution in [1.82, 2.24) is 0 Å². The quantitative estimate of drug-likeness (QED) is 0.627. The molecule has 0 radical (unpaired) electrons. The minimum Gasteiger partial charge on any atom is -0.423 e. The fourth-order valence-electron chi connectivity index (χ4n) is 3.64. The van der Waals surface area contributed by atoms with Crippen molar-refractivity contribution in [2.24, 2.45) is 0 Å². The van der Waals surface area contributed by atoms with E-state index in [0.717, 1.165) is 18.8 Å². The van der Waals surface area contributed by atoms with E-state index in [1.165, 1.54) is 24.9 Å². The molecule has 2 aromatic rings. The van der Waals surface area contributed by atoms with Gasteiger partial charge in [-0.3, -0.25) is 4.79 Å². The van der Waals surface area contributed by atoms with Gasteiger partial charge in [0.05, 0.1) is 12.2 Å². The first kappa shape index (κ1) is 18.6. The van der Waals surface area contributed by atoms with E-state index in [0.29, 0.717) is 16.5 Å². The Morgan fingerprint density at radius 2 is 1.82 bits per heavy atom. The third-order valence-electron chi connectivity index (χ3n) is 5.01. The van der Waals surface area contributed by atoms with Crippen molar-refractivity contribution in [3.63, 3.8) is 0 Å². The molecule has 1 saturated heterocycles. The van der Waals surface area contributed by atoms with Gasteiger partial charge in [-0.1, -0.05) is 11.6 Å². The average Bonchev–Trinajstić information content (AvgIpc) is 2.70. The van der Waals surface area contributed by atoms with Crippen molar-refractivity contribution in [1.29, 1.82) is 0 Å². The molecule has 0 saturated carbocycles. The Labute approximate surface area is 169 Å². The number of rotatable bonds is 4. The predicted octanol–water partition coefficient (Wildman–Crippen LogP) is 3.69. The summed E-state index contributed by atoms with van der Waals surface area (Å²) in [5, 5.41) is 3.42. The molecule has 146 valence electrons. The highest BCUT2D eigenvalue weighted by Crippen LogP contribution is 2.34. The molecule has 2 aromatic carbocycles. The lowest BCUT2D eigenvalue weighted by Gasteiger charge is -2.29. The smallest absolute Gasteiger partial charge is 0.331 e. The first-order valence-electron chi connectivity index (χ1n) is 9.48. The number of nitrogens with one attached hydrogen (secondary N) is 1. The second-order valence-electron chi connectivity index (χ2n) is 7.08. The van der Waals surface area contributed by atoms with E-state index >= 15 is 0 Å². The fraction of sp³-hybridized carbons (Fsp3) is 0.333. The van der Waals surface area contributed by atoms with Crippen molar-refractivity contribution < 1.29 is 14.3 Å². The van der Waals surface area contributed by atoms with Crippen LogP contribution in [0.3, 0.4) is 0 Å². The lowest BCUT2D eigenvalue weighted by atomic mass is 10.1. The molecule has 4 rings (SSSR count). The van der Waals surface area contributed by atoms with Crippen LogP contribution in [-0.4, -0.2) is 38.1 Å². The summed E-state index contributed by atoms with van der Waals surface area (Å²) in [6, 6.07) is 12.9. The number of halogens is 1. The van der Waals surface area contributed by atoms with Crippen LogP contribution >= 0.6 is 11.6 Å². The number of anilines is 3. The van der Waals surface area contributed by atoms with Gasteiger partial charge in [0, 0.05) is 29.5 Å². The zero-order valence-electron chi connectivity index (χ0n) is 15.5. The molecule has 6 nitrogen and oxygen atoms in total. The van der Waals surface area contributed by atoms with E-state index in [2.05, 4.69) is 10.2 Å². The van der Waals surface area contributed by atoms with Crippen molar-refractivity contribution in [3.05, 3.63) is 47.5 Å². The highest BCUT2D eigenvalue weighted by molar-refractivity contribution is 6.31. The maximum absolute atomic E-state index is 12.5. The van der Waals surface area contributed by atoms with Crippen LogP contribution in [0.4, 0.5) is 17.1 Å². The van der Waals surface area contributed by atoms with Crippen LogP contribution in [0, 0.1) is 0 Å². The molecular weight excluding hydrogens is 378 g/mol. The van der Waals surface area contributed by atoms with Crippen LogP contribution in [-0.2, 0) is 9.59 Å². The molecule has 1 amide bonds. The standard InChI is InChI=1S/C21H22ClN3O3/c22-15-4-9-19-18(12-15)25(14-21(27)28-19)13-20(26)23-16-5-7-17(8-6-16)24-10-2-1-3-11-24/h4-9,12H,1-3,10-11,13-14H2,(H,23,26). The van der Waals surface area contributed by atoms with Gasteiger partial charge in [0.1, 0.15) is 6.54 Å². The third-order valence-corrected chi connectivity index (χ3v) is 5.25. The summed E-state index contributed by atoms with van der Waals surface area (Å²) in [6.07, 6.45) is 3.74. The first-order valence-corrected chi connectivity index (χ1v) is 9.86. The topological polar surface area (TPSA) is 61.9 Å². The maximum Gasteiger partial charge on any atom is 0.331 e. The number of benzene rings is 2. The molecule has 1 fully saturated rings. The monoisotopic (exact) mass is 399 g/mol. The van der Waals surface area contributed by atoms with Gasteiger partial charge in [-0.15, -0.1) is 0 Å². The first-order chi connectivity index (χ1) is 13.6. The SMILES string of the molecule is O=C(CN1CC(=O)Oc2ccc(Cl)cc21)Nc1ccc(N2CCCCC2)cc1. The van der Waals surface area contributed by atoms with Crippen molar-refractivity contribution in [2.75, 3.05) is 41.3 Å². The highest BCUT2D eigenvalue weighted by Gasteiger charge is 2.26. The molecule has 0 unspecified atom stereocenters. The Bertz CT molecular complexity index is 879. The summed E-state index contributed by atoms with van der Waals surface area (Å²) in [7, 11) is 0. The molecule has 2 heterocycles. The lowest BCUT2D eigenvalue weighted by molar-refractivity contribution is -0.133. The van der Waals surface area contributed by atoms with Crippen molar-refractivity contribution >= 4 is 40.5 Å². The van der Waals surface area contributed by atoms with E-state index in [4.69, 9.17) is 16.3 Å². The second kappa shape index (κ2) is 8.10. The van der Waals surface area contributed by atoms with Crippen LogP contribution in [0.5, 0.6) is 5.75 Å². The molecule has 2 aliphatic heterocycles. The number of hydrogen-bond donors (Lipinski definition) is 1. The molecule has 0 bridgehead atoms. The molecule has 28 heavy (non-hydrogen) atoms. The second-order valence-corrected chi connectivity index (χ2v) is 7.52. The molecule has 1 N–H and O–H groups in total. The minimum absolute atomic E-state index is 0.00859. The van der Waals surface area contributed by atoms with E-state index in [9.17, 15) is 9.59 Å². The Morgan fingerprint density at radius 3 is 2.57 bits per heavy atom. The van der Waals surface area contributed by atoms with E-state index in [-0.39, 0.29) is 19.0 Å². The fourth-order valence-corrected chi connectivity index (χ4v) is 3.81. The molecule has 0 spiro atoms.